The molecule has 1 aliphatic carbocycles. The Kier molecular flexibility index (Phi) is 4.18. The summed E-state index contributed by atoms with van der Waals surface area (Å²) in [5.74, 6) is 1.94. The molecule has 0 spiro atoms. The number of fused-ring (bicyclic) bond motifs is 1. The van der Waals surface area contributed by atoms with Gasteiger partial charge in [-0.2, -0.15) is 0 Å². The number of nitrogens with one attached hydrogen (secondary N) is 1. The molecule has 110 valence electrons. The van der Waals surface area contributed by atoms with Crippen LogP contribution in [0.5, 0.6) is 0 Å². The fraction of sp³-hybridized carbons (Fsp3) is 0.444. The second-order valence-electron chi connectivity index (χ2n) is 5.61. The average Bonchev–Trinajstić information content (AvgIpc) is 3.01. The van der Waals surface area contributed by atoms with E-state index in [1.165, 1.54) is 28.8 Å². The number of nitrogens with zero attached hydrogens (tertiary/aromatic N) is 2. The van der Waals surface area contributed by atoms with Crippen LogP contribution in [0.25, 0.3) is 11.4 Å². The number of aromatic nitrogens is 2. The number of hydrogen-bond acceptors (Lipinski definition) is 3. The Morgan fingerprint density at radius 1 is 1.10 bits per heavy atom. The third-order valence-electron chi connectivity index (χ3n) is 4.11. The molecular formula is C18H23N3. The van der Waals surface area contributed by atoms with E-state index in [1.54, 1.807) is 0 Å². The first kappa shape index (κ1) is 14.1. The van der Waals surface area contributed by atoms with E-state index in [1.807, 2.05) is 0 Å². The van der Waals surface area contributed by atoms with Crippen LogP contribution < -0.4 is 5.32 Å². The van der Waals surface area contributed by atoms with Crippen LogP contribution in [0.2, 0.25) is 0 Å². The van der Waals surface area contributed by atoms with Crippen LogP contribution >= 0.6 is 0 Å². The molecule has 0 amide bonds. The molecule has 0 unspecified atom stereocenters. The van der Waals surface area contributed by atoms with Crippen LogP contribution in [0.15, 0.2) is 24.3 Å². The molecular weight excluding hydrogens is 258 g/mol. The van der Waals surface area contributed by atoms with Crippen molar-refractivity contribution < 1.29 is 0 Å². The molecule has 0 fully saturated rings. The summed E-state index contributed by atoms with van der Waals surface area (Å²) in [6, 6.07) is 8.47. The fourth-order valence-corrected chi connectivity index (χ4v) is 2.99. The predicted molar refractivity (Wildman–Crippen MR) is 87.7 cm³/mol. The molecule has 1 aromatic heterocycles. The number of rotatable bonds is 5. The van der Waals surface area contributed by atoms with E-state index in [4.69, 9.17) is 9.97 Å². The van der Waals surface area contributed by atoms with Crippen LogP contribution in [-0.4, -0.2) is 16.5 Å². The molecule has 1 aromatic carbocycles. The van der Waals surface area contributed by atoms with Crippen LogP contribution in [0, 0.1) is 0 Å². The smallest absolute Gasteiger partial charge is 0.162 e. The Balaban J connectivity index is 2.07. The second kappa shape index (κ2) is 6.25. The van der Waals surface area contributed by atoms with Gasteiger partial charge >= 0.3 is 0 Å². The summed E-state index contributed by atoms with van der Waals surface area (Å²) in [5, 5.41) is 3.49. The Bertz CT molecular complexity index is 634. The normalized spacial score (nSPS) is 13.2. The number of aryl methyl sites for hydroxylation is 2. The van der Waals surface area contributed by atoms with Crippen LogP contribution in [0.4, 0.5) is 5.82 Å². The summed E-state index contributed by atoms with van der Waals surface area (Å²) < 4.78 is 0. The van der Waals surface area contributed by atoms with Crippen LogP contribution in [0.1, 0.15) is 43.5 Å². The van der Waals surface area contributed by atoms with Gasteiger partial charge in [-0.25, -0.2) is 9.97 Å². The van der Waals surface area contributed by atoms with Crippen molar-refractivity contribution in [3.05, 3.63) is 41.1 Å². The Hall–Kier alpha value is -1.90. The topological polar surface area (TPSA) is 37.8 Å². The zero-order valence-corrected chi connectivity index (χ0v) is 12.9. The van der Waals surface area contributed by atoms with Gasteiger partial charge in [0, 0.05) is 23.4 Å². The first-order valence-corrected chi connectivity index (χ1v) is 8.05. The molecule has 3 rings (SSSR count). The molecule has 3 heteroatoms. The lowest BCUT2D eigenvalue weighted by atomic mass is 10.0. The zero-order chi connectivity index (χ0) is 14.7. The minimum Gasteiger partial charge on any atom is -0.370 e. The van der Waals surface area contributed by atoms with Crippen molar-refractivity contribution in [2.45, 2.75) is 46.0 Å². The molecule has 0 aliphatic heterocycles. The highest BCUT2D eigenvalue weighted by atomic mass is 15.0. The van der Waals surface area contributed by atoms with Crippen molar-refractivity contribution in [3.8, 4) is 11.4 Å². The Labute approximate surface area is 126 Å². The van der Waals surface area contributed by atoms with Crippen molar-refractivity contribution in [1.82, 2.24) is 9.97 Å². The molecule has 3 nitrogen and oxygen atoms in total. The number of benzene rings is 1. The highest BCUT2D eigenvalue weighted by Crippen LogP contribution is 2.30. The van der Waals surface area contributed by atoms with Gasteiger partial charge in [0.05, 0.1) is 0 Å². The summed E-state index contributed by atoms with van der Waals surface area (Å²) in [5.41, 5.74) is 5.07. The van der Waals surface area contributed by atoms with Crippen molar-refractivity contribution in [3.63, 3.8) is 0 Å². The zero-order valence-electron chi connectivity index (χ0n) is 12.9. The largest absolute Gasteiger partial charge is 0.370 e. The highest BCUT2D eigenvalue weighted by Gasteiger charge is 2.20. The van der Waals surface area contributed by atoms with Crippen LogP contribution in [0.3, 0.4) is 0 Å². The second-order valence-corrected chi connectivity index (χ2v) is 5.61. The molecule has 1 N–H and O–H groups in total. The lowest BCUT2D eigenvalue weighted by Crippen LogP contribution is -2.08. The first-order chi connectivity index (χ1) is 10.3. The molecule has 0 saturated carbocycles. The lowest BCUT2D eigenvalue weighted by Gasteiger charge is -2.13. The van der Waals surface area contributed by atoms with E-state index in [0.29, 0.717) is 0 Å². The molecule has 21 heavy (non-hydrogen) atoms. The van der Waals surface area contributed by atoms with Gasteiger partial charge in [-0.3, -0.25) is 0 Å². The number of hydrogen-bond donors (Lipinski definition) is 1. The average molecular weight is 281 g/mol. The van der Waals surface area contributed by atoms with E-state index in [-0.39, 0.29) is 0 Å². The summed E-state index contributed by atoms with van der Waals surface area (Å²) in [6.07, 6.45) is 5.51. The summed E-state index contributed by atoms with van der Waals surface area (Å²) in [4.78, 5) is 9.69. The van der Waals surface area contributed by atoms with Crippen LogP contribution in [-0.2, 0) is 19.3 Å². The molecule has 1 aliphatic rings. The maximum atomic E-state index is 4.85. The SMILES string of the molecule is CCCNc1nc(-c2ccccc2CC)nc2c1CCC2. The van der Waals surface area contributed by atoms with Crippen molar-refractivity contribution in [2.75, 3.05) is 11.9 Å². The maximum Gasteiger partial charge on any atom is 0.162 e. The quantitative estimate of drug-likeness (QED) is 0.899. The van der Waals surface area contributed by atoms with Gasteiger partial charge in [-0.1, -0.05) is 38.1 Å². The number of anilines is 1. The van der Waals surface area contributed by atoms with Gasteiger partial charge in [0.2, 0.25) is 0 Å². The predicted octanol–water partition coefficient (Wildman–Crippen LogP) is 4.02. The minimum atomic E-state index is 0.881. The minimum absolute atomic E-state index is 0.881. The van der Waals surface area contributed by atoms with Gasteiger partial charge in [0.25, 0.3) is 0 Å². The van der Waals surface area contributed by atoms with Crippen molar-refractivity contribution >= 4 is 5.82 Å². The fourth-order valence-electron chi connectivity index (χ4n) is 2.99. The van der Waals surface area contributed by atoms with Crippen molar-refractivity contribution in [2.24, 2.45) is 0 Å². The maximum absolute atomic E-state index is 4.85. The molecule has 0 saturated heterocycles. The highest BCUT2D eigenvalue weighted by molar-refractivity contribution is 5.64. The van der Waals surface area contributed by atoms with E-state index >= 15 is 0 Å². The summed E-state index contributed by atoms with van der Waals surface area (Å²) in [7, 11) is 0. The Morgan fingerprint density at radius 3 is 2.76 bits per heavy atom. The van der Waals surface area contributed by atoms with Gasteiger partial charge < -0.3 is 5.32 Å². The van der Waals surface area contributed by atoms with E-state index in [0.717, 1.165) is 43.9 Å². The molecule has 0 radical (unpaired) electrons. The van der Waals surface area contributed by atoms with E-state index < -0.39 is 0 Å². The van der Waals surface area contributed by atoms with Gasteiger partial charge in [-0.15, -0.1) is 0 Å². The summed E-state index contributed by atoms with van der Waals surface area (Å²) in [6.45, 7) is 5.34. The van der Waals surface area contributed by atoms with Gasteiger partial charge in [0.1, 0.15) is 5.82 Å². The monoisotopic (exact) mass is 281 g/mol. The molecule has 1 heterocycles. The lowest BCUT2D eigenvalue weighted by molar-refractivity contribution is 0.899. The standard InChI is InChI=1S/C18H23N3/c1-3-12-19-17-15-10-7-11-16(15)20-18(21-17)14-9-6-5-8-13(14)4-2/h5-6,8-9H,3-4,7,10-12H2,1-2H3,(H,19,20,21). The van der Waals surface area contributed by atoms with Crippen molar-refractivity contribution in [1.29, 1.82) is 0 Å². The third kappa shape index (κ3) is 2.78. The first-order valence-electron chi connectivity index (χ1n) is 8.05. The molecule has 0 bridgehead atoms. The van der Waals surface area contributed by atoms with E-state index in [9.17, 15) is 0 Å². The molecule has 2 aromatic rings. The van der Waals surface area contributed by atoms with Gasteiger partial charge in [-0.05, 0) is 37.7 Å². The molecule has 0 atom stereocenters. The third-order valence-corrected chi connectivity index (χ3v) is 4.11. The Morgan fingerprint density at radius 2 is 1.95 bits per heavy atom. The summed E-state index contributed by atoms with van der Waals surface area (Å²) >= 11 is 0. The van der Waals surface area contributed by atoms with Gasteiger partial charge in [0.15, 0.2) is 5.82 Å². The van der Waals surface area contributed by atoms with E-state index in [2.05, 4.69) is 43.4 Å².